The number of carbonyl (C=O) groups is 1. The number of rotatable bonds is 2. The average molecular weight is 324 g/mol. The number of nitrogens with one attached hydrogen (secondary N) is 1. The predicted molar refractivity (Wildman–Crippen MR) is 89.0 cm³/mol. The summed E-state index contributed by atoms with van der Waals surface area (Å²) in [5.41, 5.74) is 3.38. The van der Waals surface area contributed by atoms with Gasteiger partial charge < -0.3 is 5.32 Å². The Morgan fingerprint density at radius 1 is 1.09 bits per heavy atom. The fourth-order valence-corrected chi connectivity index (χ4v) is 3.86. The molecular formula is C18H13FN2OS. The Hall–Kier alpha value is -2.53. The smallest absolute Gasteiger partial charge is 0.225 e. The van der Waals surface area contributed by atoms with Gasteiger partial charge >= 0.3 is 0 Å². The Morgan fingerprint density at radius 3 is 2.57 bits per heavy atom. The maximum Gasteiger partial charge on any atom is 0.225 e. The van der Waals surface area contributed by atoms with Crippen molar-refractivity contribution in [3.63, 3.8) is 0 Å². The summed E-state index contributed by atoms with van der Waals surface area (Å²) in [6.45, 7) is 0. The van der Waals surface area contributed by atoms with Gasteiger partial charge in [-0.3, -0.25) is 4.79 Å². The summed E-state index contributed by atoms with van der Waals surface area (Å²) in [7, 11) is 0. The third-order valence-electron chi connectivity index (χ3n) is 4.01. The minimum absolute atomic E-state index is 0.0186. The molecule has 1 amide bonds. The summed E-state index contributed by atoms with van der Waals surface area (Å²) in [5, 5.41) is 2.94. The first kappa shape index (κ1) is 14.1. The largest absolute Gasteiger partial charge is 0.323 e. The van der Waals surface area contributed by atoms with Crippen LogP contribution in [0.3, 0.4) is 0 Å². The molecule has 0 aliphatic carbocycles. The van der Waals surface area contributed by atoms with E-state index in [0.717, 1.165) is 21.7 Å². The number of amides is 1. The fraction of sp³-hybridized carbons (Fsp3) is 0.111. The summed E-state index contributed by atoms with van der Waals surface area (Å²) in [6.07, 6.45) is 0.419. The topological polar surface area (TPSA) is 42.0 Å². The summed E-state index contributed by atoms with van der Waals surface area (Å²) in [6, 6.07) is 16.2. The zero-order valence-corrected chi connectivity index (χ0v) is 12.9. The molecule has 0 fully saturated rings. The van der Waals surface area contributed by atoms with Crippen molar-refractivity contribution in [1.82, 2.24) is 4.37 Å². The van der Waals surface area contributed by atoms with Crippen LogP contribution in [0.4, 0.5) is 10.1 Å². The van der Waals surface area contributed by atoms with Gasteiger partial charge in [0.05, 0.1) is 10.6 Å². The summed E-state index contributed by atoms with van der Waals surface area (Å²) >= 11 is 1.40. The number of carbonyl (C=O) groups excluding carboxylic acids is 1. The van der Waals surface area contributed by atoms with Gasteiger partial charge in [0.2, 0.25) is 5.91 Å². The number of benzene rings is 2. The second kappa shape index (κ2) is 5.59. The molecule has 4 rings (SSSR count). The van der Waals surface area contributed by atoms with Crippen molar-refractivity contribution in [3.05, 3.63) is 70.9 Å². The van der Waals surface area contributed by atoms with Crippen molar-refractivity contribution < 1.29 is 9.18 Å². The zero-order chi connectivity index (χ0) is 15.8. The van der Waals surface area contributed by atoms with E-state index in [1.165, 1.54) is 23.7 Å². The molecule has 114 valence electrons. The van der Waals surface area contributed by atoms with Crippen LogP contribution in [0.1, 0.15) is 22.8 Å². The molecular weight excluding hydrogens is 311 g/mol. The van der Waals surface area contributed by atoms with Gasteiger partial charge in [-0.05, 0) is 41.4 Å². The van der Waals surface area contributed by atoms with E-state index in [1.54, 1.807) is 12.1 Å². The number of hydrogen-bond acceptors (Lipinski definition) is 3. The first-order chi connectivity index (χ1) is 11.2. The molecule has 1 aliphatic heterocycles. The van der Waals surface area contributed by atoms with Gasteiger partial charge in [0, 0.05) is 17.9 Å². The molecule has 3 nitrogen and oxygen atoms in total. The van der Waals surface area contributed by atoms with E-state index >= 15 is 0 Å². The standard InChI is InChI=1S/C18H13FN2OS/c19-13-8-6-12(7-9-13)16-17-18(23-21-16)14(10-15(22)20-17)11-4-2-1-3-5-11/h1-9,14H,10H2,(H,20,22)/t14-/m0/s1. The maximum absolute atomic E-state index is 13.1. The van der Waals surface area contributed by atoms with E-state index < -0.39 is 0 Å². The van der Waals surface area contributed by atoms with Crippen molar-refractivity contribution in [2.45, 2.75) is 12.3 Å². The molecule has 0 bridgehead atoms. The predicted octanol–water partition coefficient (Wildman–Crippen LogP) is 4.42. The molecule has 1 N–H and O–H groups in total. The lowest BCUT2D eigenvalue weighted by atomic mass is 9.90. The molecule has 2 heterocycles. The van der Waals surface area contributed by atoms with Gasteiger partial charge in [0.15, 0.2) is 0 Å². The molecule has 1 atom stereocenters. The van der Waals surface area contributed by atoms with E-state index in [0.29, 0.717) is 12.1 Å². The monoisotopic (exact) mass is 324 g/mol. The van der Waals surface area contributed by atoms with Gasteiger partial charge in [-0.25, -0.2) is 4.39 Å². The number of anilines is 1. The second-order valence-corrected chi connectivity index (χ2v) is 6.30. The number of fused-ring (bicyclic) bond motifs is 1. The molecule has 5 heteroatoms. The van der Waals surface area contributed by atoms with Gasteiger partial charge in [0.1, 0.15) is 11.5 Å². The Morgan fingerprint density at radius 2 is 1.83 bits per heavy atom. The first-order valence-electron chi connectivity index (χ1n) is 7.32. The molecule has 0 saturated heterocycles. The Labute approximate surface area is 137 Å². The summed E-state index contributed by atoms with van der Waals surface area (Å²) in [4.78, 5) is 13.2. The normalized spacial score (nSPS) is 16.7. The van der Waals surface area contributed by atoms with Crippen molar-refractivity contribution in [2.24, 2.45) is 0 Å². The molecule has 3 aromatic rings. The quantitative estimate of drug-likeness (QED) is 0.758. The van der Waals surface area contributed by atoms with Crippen LogP contribution in [0.25, 0.3) is 11.3 Å². The third-order valence-corrected chi connectivity index (χ3v) is 4.97. The van der Waals surface area contributed by atoms with Crippen molar-refractivity contribution >= 4 is 23.1 Å². The van der Waals surface area contributed by atoms with E-state index in [2.05, 4.69) is 9.69 Å². The molecule has 2 aromatic carbocycles. The molecule has 0 saturated carbocycles. The van der Waals surface area contributed by atoms with E-state index in [9.17, 15) is 9.18 Å². The lowest BCUT2D eigenvalue weighted by Gasteiger charge is -2.22. The maximum atomic E-state index is 13.1. The number of halogens is 1. The van der Waals surface area contributed by atoms with Crippen LogP contribution in [0.5, 0.6) is 0 Å². The highest BCUT2D eigenvalue weighted by molar-refractivity contribution is 7.07. The van der Waals surface area contributed by atoms with Crippen LogP contribution in [0.15, 0.2) is 54.6 Å². The van der Waals surface area contributed by atoms with Gasteiger partial charge in [-0.15, -0.1) is 0 Å². The van der Waals surface area contributed by atoms with Crippen LogP contribution >= 0.6 is 11.5 Å². The highest BCUT2D eigenvalue weighted by atomic mass is 32.1. The van der Waals surface area contributed by atoms with E-state index in [4.69, 9.17) is 0 Å². The third kappa shape index (κ3) is 2.53. The lowest BCUT2D eigenvalue weighted by Crippen LogP contribution is -2.22. The van der Waals surface area contributed by atoms with Crippen molar-refractivity contribution in [1.29, 1.82) is 0 Å². The summed E-state index contributed by atoms with van der Waals surface area (Å²) in [5.74, 6) is -0.286. The average Bonchev–Trinajstić information content (AvgIpc) is 2.99. The van der Waals surface area contributed by atoms with Crippen LogP contribution < -0.4 is 5.32 Å². The summed E-state index contributed by atoms with van der Waals surface area (Å²) < 4.78 is 17.6. The molecule has 1 aliphatic rings. The number of hydrogen-bond donors (Lipinski definition) is 1. The number of aromatic nitrogens is 1. The minimum Gasteiger partial charge on any atom is -0.323 e. The minimum atomic E-state index is -0.288. The SMILES string of the molecule is O=C1C[C@@H](c2ccccc2)c2snc(-c3ccc(F)cc3)c2N1. The first-order valence-corrected chi connectivity index (χ1v) is 8.10. The Bertz CT molecular complexity index is 858. The highest BCUT2D eigenvalue weighted by Crippen LogP contribution is 2.44. The number of nitrogens with zero attached hydrogens (tertiary/aromatic N) is 1. The van der Waals surface area contributed by atoms with Crippen LogP contribution in [-0.2, 0) is 4.79 Å². The molecule has 0 unspecified atom stereocenters. The van der Waals surface area contributed by atoms with Crippen LogP contribution in [-0.4, -0.2) is 10.3 Å². The zero-order valence-electron chi connectivity index (χ0n) is 12.1. The van der Waals surface area contributed by atoms with Gasteiger partial charge in [-0.2, -0.15) is 4.37 Å². The van der Waals surface area contributed by atoms with Gasteiger partial charge in [0.25, 0.3) is 0 Å². The van der Waals surface area contributed by atoms with E-state index in [-0.39, 0.29) is 17.6 Å². The fourth-order valence-electron chi connectivity index (χ4n) is 2.89. The second-order valence-electron chi connectivity index (χ2n) is 5.49. The highest BCUT2D eigenvalue weighted by Gasteiger charge is 2.31. The molecule has 0 spiro atoms. The lowest BCUT2D eigenvalue weighted by molar-refractivity contribution is -0.116. The van der Waals surface area contributed by atoms with Crippen molar-refractivity contribution in [3.8, 4) is 11.3 Å². The van der Waals surface area contributed by atoms with Crippen LogP contribution in [0.2, 0.25) is 0 Å². The molecule has 23 heavy (non-hydrogen) atoms. The van der Waals surface area contributed by atoms with E-state index in [1.807, 2.05) is 30.3 Å². The van der Waals surface area contributed by atoms with Crippen LogP contribution in [0, 0.1) is 5.82 Å². The Kier molecular flexibility index (Phi) is 3.42. The molecule has 0 radical (unpaired) electrons. The van der Waals surface area contributed by atoms with Gasteiger partial charge in [-0.1, -0.05) is 30.3 Å². The molecule has 1 aromatic heterocycles. The van der Waals surface area contributed by atoms with Crippen molar-refractivity contribution in [2.75, 3.05) is 5.32 Å². The Balaban J connectivity index is 1.81.